The summed E-state index contributed by atoms with van der Waals surface area (Å²) in [6.07, 6.45) is 0.146. The van der Waals surface area contributed by atoms with Crippen molar-refractivity contribution in [3.05, 3.63) is 100 Å². The van der Waals surface area contributed by atoms with Gasteiger partial charge in [-0.05, 0) is 130 Å². The standard InChI is InChI=1S/C53H63F3N8O6S2/c1-34-45(72-33-59-34)37-20-16-36(17-21-37)31-58-47(67)42-14-12-27-62(42)48(68)46(51(2,3)4)60-43(65)32-70-28-10-8-9-26-61(7)44(66)15-11-13-35-18-23-39(24-19-35)64-50(71)63(49(69)52(64,5)6)40-25-22-38(30-57)41(29-40)53(54,55)56/h16-25,29,33,42,46H,8-15,26-28,31-32H2,1-7H3,(H,58,67)(H,60,65)/t42-,46?/m0/s1. The topological polar surface area (TPSA) is 168 Å². The van der Waals surface area contributed by atoms with Crippen molar-refractivity contribution >= 4 is 69.6 Å². The van der Waals surface area contributed by atoms with Gasteiger partial charge in [-0.1, -0.05) is 57.2 Å². The molecule has 0 saturated carbocycles. The van der Waals surface area contributed by atoms with E-state index in [-0.39, 0.29) is 35.1 Å². The SMILES string of the molecule is Cc1ncsc1-c1ccc(CNC(=O)[C@@H]2CCCN2C(=O)C(NC(=O)COCCCCCN(C)C(=O)CCCc2ccc(N3C(=S)N(c4ccc(C#N)c(C(F)(F)F)c4)C(=O)C3(C)C)cc2)C(C)(C)C)cc1. The monoisotopic (exact) mass is 1030 g/mol. The second-order valence-electron chi connectivity index (χ2n) is 19.8. The summed E-state index contributed by atoms with van der Waals surface area (Å²) >= 11 is 7.23. The van der Waals surface area contributed by atoms with Crippen LogP contribution in [0.2, 0.25) is 0 Å². The Bertz CT molecular complexity index is 2660. The zero-order chi connectivity index (χ0) is 52.5. The van der Waals surface area contributed by atoms with Gasteiger partial charge in [0.25, 0.3) is 5.91 Å². The summed E-state index contributed by atoms with van der Waals surface area (Å²) < 4.78 is 46.9. The van der Waals surface area contributed by atoms with Gasteiger partial charge in [0.05, 0.1) is 39.0 Å². The normalized spacial score (nSPS) is 16.2. The second-order valence-corrected chi connectivity index (χ2v) is 21.1. The summed E-state index contributed by atoms with van der Waals surface area (Å²) in [5, 5.41) is 15.1. The van der Waals surface area contributed by atoms with Crippen LogP contribution in [0.25, 0.3) is 10.4 Å². The Morgan fingerprint density at radius 2 is 1.67 bits per heavy atom. The average Bonchev–Trinajstić information content (AvgIpc) is 4.05. The van der Waals surface area contributed by atoms with Crippen LogP contribution in [-0.4, -0.2) is 100 Å². The number of carbonyl (C=O) groups is 5. The van der Waals surface area contributed by atoms with E-state index >= 15 is 0 Å². The van der Waals surface area contributed by atoms with Crippen LogP contribution < -0.4 is 20.4 Å². The van der Waals surface area contributed by atoms with Crippen molar-refractivity contribution in [3.63, 3.8) is 0 Å². The number of hydrogen-bond acceptors (Lipinski definition) is 10. The first-order chi connectivity index (χ1) is 34.0. The third kappa shape index (κ3) is 13.2. The Morgan fingerprint density at radius 3 is 2.31 bits per heavy atom. The van der Waals surface area contributed by atoms with Crippen LogP contribution >= 0.6 is 23.6 Å². The molecular formula is C53H63F3N8O6S2. The Labute approximate surface area is 428 Å². The number of benzene rings is 3. The summed E-state index contributed by atoms with van der Waals surface area (Å²) in [5.74, 6) is -1.45. The van der Waals surface area contributed by atoms with Gasteiger partial charge in [-0.25, -0.2) is 4.98 Å². The summed E-state index contributed by atoms with van der Waals surface area (Å²) in [5.41, 5.74) is 2.69. The van der Waals surface area contributed by atoms with E-state index in [1.165, 1.54) is 6.07 Å². The molecule has 1 unspecified atom stereocenters. The molecule has 6 rings (SSSR count). The minimum absolute atomic E-state index is 0.00628. The quantitative estimate of drug-likeness (QED) is 0.0646. The van der Waals surface area contributed by atoms with Crippen LogP contribution in [-0.2, 0) is 47.9 Å². The van der Waals surface area contributed by atoms with Crippen LogP contribution in [0.5, 0.6) is 0 Å². The highest BCUT2D eigenvalue weighted by Gasteiger charge is 2.51. The Hall–Kier alpha value is -6.23. The molecule has 2 saturated heterocycles. The Kier molecular flexibility index (Phi) is 18.0. The predicted octanol–water partition coefficient (Wildman–Crippen LogP) is 8.73. The van der Waals surface area contributed by atoms with E-state index < -0.39 is 52.2 Å². The van der Waals surface area contributed by atoms with E-state index in [1.54, 1.807) is 65.1 Å². The number of ether oxygens (including phenoxy) is 1. The zero-order valence-corrected chi connectivity index (χ0v) is 43.5. The highest BCUT2D eigenvalue weighted by molar-refractivity contribution is 7.81. The van der Waals surface area contributed by atoms with Crippen molar-refractivity contribution < 1.29 is 41.9 Å². The molecule has 19 heteroatoms. The summed E-state index contributed by atoms with van der Waals surface area (Å²) in [4.78, 5) is 78.3. The minimum Gasteiger partial charge on any atom is -0.372 e. The zero-order valence-electron chi connectivity index (χ0n) is 41.9. The Morgan fingerprint density at radius 1 is 0.986 bits per heavy atom. The molecular weight excluding hydrogens is 966 g/mol. The molecule has 0 spiro atoms. The van der Waals surface area contributed by atoms with E-state index in [4.69, 9.17) is 17.0 Å². The number of rotatable bonds is 20. The number of aryl methyl sites for hydroxylation is 2. The number of hydrogen-bond donors (Lipinski definition) is 2. The van der Waals surface area contributed by atoms with Crippen molar-refractivity contribution in [2.24, 2.45) is 5.41 Å². The number of nitriles is 1. The lowest BCUT2D eigenvalue weighted by Crippen LogP contribution is -2.58. The molecule has 3 aromatic carbocycles. The van der Waals surface area contributed by atoms with Crippen molar-refractivity contribution in [2.75, 3.05) is 43.2 Å². The van der Waals surface area contributed by atoms with Crippen LogP contribution in [0.3, 0.4) is 0 Å². The van der Waals surface area contributed by atoms with Gasteiger partial charge in [0.1, 0.15) is 24.2 Å². The van der Waals surface area contributed by atoms with E-state index in [2.05, 4.69) is 15.6 Å². The molecule has 0 aliphatic carbocycles. The summed E-state index contributed by atoms with van der Waals surface area (Å²) in [6, 6.07) is 18.4. The molecule has 2 atom stereocenters. The molecule has 2 aliphatic heterocycles. The molecule has 0 radical (unpaired) electrons. The van der Waals surface area contributed by atoms with Gasteiger partial charge >= 0.3 is 6.18 Å². The van der Waals surface area contributed by atoms with Gasteiger partial charge in [0.2, 0.25) is 23.6 Å². The van der Waals surface area contributed by atoms with Gasteiger partial charge in [-0.3, -0.25) is 28.9 Å². The highest BCUT2D eigenvalue weighted by Crippen LogP contribution is 2.40. The number of thiocarbonyl (C=S) groups is 1. The number of unbranched alkanes of at least 4 members (excludes halogenated alkanes) is 2. The summed E-state index contributed by atoms with van der Waals surface area (Å²) in [6.45, 7) is 12.3. The van der Waals surface area contributed by atoms with Crippen molar-refractivity contribution in [2.45, 2.75) is 123 Å². The molecule has 384 valence electrons. The maximum Gasteiger partial charge on any atom is 0.417 e. The number of aromatic nitrogens is 1. The average molecular weight is 1030 g/mol. The summed E-state index contributed by atoms with van der Waals surface area (Å²) in [7, 11) is 1.76. The number of thiazole rings is 1. The van der Waals surface area contributed by atoms with Crippen molar-refractivity contribution in [1.82, 2.24) is 25.4 Å². The molecule has 72 heavy (non-hydrogen) atoms. The molecule has 3 heterocycles. The first-order valence-corrected chi connectivity index (χ1v) is 25.4. The van der Waals surface area contributed by atoms with E-state index in [0.29, 0.717) is 70.5 Å². The van der Waals surface area contributed by atoms with Gasteiger partial charge in [0, 0.05) is 45.4 Å². The lowest BCUT2D eigenvalue weighted by Gasteiger charge is -2.35. The van der Waals surface area contributed by atoms with Crippen LogP contribution in [0.15, 0.2) is 72.2 Å². The number of nitrogens with zero attached hydrogens (tertiary/aromatic N) is 6. The molecule has 2 aliphatic rings. The third-order valence-electron chi connectivity index (χ3n) is 13.0. The third-order valence-corrected chi connectivity index (χ3v) is 14.4. The van der Waals surface area contributed by atoms with Crippen molar-refractivity contribution in [3.8, 4) is 16.5 Å². The fourth-order valence-corrected chi connectivity index (χ4v) is 10.2. The first kappa shape index (κ1) is 55.1. The number of likely N-dealkylation sites (tertiary alicyclic amines) is 1. The van der Waals surface area contributed by atoms with Gasteiger partial charge in [0.15, 0.2) is 5.11 Å². The molecule has 0 bridgehead atoms. The van der Waals surface area contributed by atoms with E-state index in [9.17, 15) is 42.4 Å². The van der Waals surface area contributed by atoms with Crippen LogP contribution in [0.4, 0.5) is 24.5 Å². The lowest BCUT2D eigenvalue weighted by atomic mass is 9.85. The fraction of sp³-hybridized carbons (Fsp3) is 0.472. The number of carbonyl (C=O) groups excluding carboxylic acids is 5. The molecule has 5 amide bonds. The predicted molar refractivity (Wildman–Crippen MR) is 275 cm³/mol. The maximum atomic E-state index is 14.0. The number of anilines is 2. The number of halogens is 3. The maximum absolute atomic E-state index is 14.0. The van der Waals surface area contributed by atoms with Gasteiger partial charge in [-0.2, -0.15) is 18.4 Å². The smallest absolute Gasteiger partial charge is 0.372 e. The Balaban J connectivity index is 0.872. The second kappa shape index (κ2) is 23.5. The first-order valence-electron chi connectivity index (χ1n) is 24.1. The van der Waals surface area contributed by atoms with Crippen LogP contribution in [0.1, 0.15) is 108 Å². The van der Waals surface area contributed by atoms with E-state index in [1.807, 2.05) is 69.6 Å². The molecule has 2 fully saturated rings. The molecule has 4 aromatic rings. The largest absolute Gasteiger partial charge is 0.417 e. The molecule has 2 N–H and O–H groups in total. The molecule has 14 nitrogen and oxygen atoms in total. The van der Waals surface area contributed by atoms with E-state index in [0.717, 1.165) is 57.1 Å². The van der Waals surface area contributed by atoms with Gasteiger partial charge in [-0.15, -0.1) is 11.3 Å². The van der Waals surface area contributed by atoms with Crippen molar-refractivity contribution in [1.29, 1.82) is 5.26 Å². The minimum atomic E-state index is -4.80. The highest BCUT2D eigenvalue weighted by atomic mass is 32.1. The number of nitrogens with one attached hydrogen (secondary N) is 2. The number of amides is 5. The lowest BCUT2D eigenvalue weighted by molar-refractivity contribution is -0.144. The molecule has 1 aromatic heterocycles. The fourth-order valence-electron chi connectivity index (χ4n) is 8.91. The number of alkyl halides is 3. The van der Waals surface area contributed by atoms with Crippen LogP contribution in [0, 0.1) is 23.7 Å². The van der Waals surface area contributed by atoms with Gasteiger partial charge < -0.3 is 30.1 Å².